The van der Waals surface area contributed by atoms with Gasteiger partial charge in [0, 0.05) is 6.07 Å². The number of hydrogen-bond acceptors (Lipinski definition) is 7. The fourth-order valence-electron chi connectivity index (χ4n) is 2.92. The maximum absolute atomic E-state index is 12.3. The van der Waals surface area contributed by atoms with Gasteiger partial charge in [0.2, 0.25) is 0 Å². The van der Waals surface area contributed by atoms with E-state index in [9.17, 15) is 20.2 Å². The van der Waals surface area contributed by atoms with Gasteiger partial charge in [-0.2, -0.15) is 5.26 Å². The normalized spacial score (nSPS) is 10.9. The number of hydrogen-bond donors (Lipinski definition) is 1. The number of para-hydroxylation sites is 1. The van der Waals surface area contributed by atoms with Gasteiger partial charge in [0.1, 0.15) is 24.0 Å². The fraction of sp³-hybridized carbons (Fsp3) is 0.130. The van der Waals surface area contributed by atoms with Crippen LogP contribution in [0.1, 0.15) is 16.9 Å². The van der Waals surface area contributed by atoms with Crippen LogP contribution in [0.2, 0.25) is 5.02 Å². The van der Waals surface area contributed by atoms with Crippen molar-refractivity contribution in [1.82, 2.24) is 5.32 Å². The molecule has 0 atom stereocenters. The maximum atomic E-state index is 12.3. The summed E-state index contributed by atoms with van der Waals surface area (Å²) in [6, 6.07) is 14.5. The number of rotatable bonds is 9. The van der Waals surface area contributed by atoms with Gasteiger partial charge >= 0.3 is 0 Å². The summed E-state index contributed by atoms with van der Waals surface area (Å²) >= 11 is 6.35. The van der Waals surface area contributed by atoms with Crippen LogP contribution < -0.4 is 14.8 Å². The summed E-state index contributed by atoms with van der Waals surface area (Å²) in [6.45, 7) is 0.0222. The van der Waals surface area contributed by atoms with Crippen LogP contribution in [-0.2, 0) is 17.9 Å². The number of furan rings is 1. The van der Waals surface area contributed by atoms with E-state index < -0.39 is 10.8 Å². The third-order valence-electron chi connectivity index (χ3n) is 4.49. The Hall–Kier alpha value is -4.29. The number of methoxy groups -OCH3 is 1. The summed E-state index contributed by atoms with van der Waals surface area (Å²) < 4.78 is 16.2. The van der Waals surface area contributed by atoms with Crippen molar-refractivity contribution in [2.24, 2.45) is 0 Å². The number of nitrogens with zero attached hydrogens (tertiary/aromatic N) is 2. The van der Waals surface area contributed by atoms with E-state index in [4.69, 9.17) is 25.5 Å². The van der Waals surface area contributed by atoms with E-state index in [0.29, 0.717) is 16.9 Å². The number of nitriles is 1. The second-order valence-corrected chi connectivity index (χ2v) is 7.05. The lowest BCUT2D eigenvalue weighted by molar-refractivity contribution is -0.385. The minimum atomic E-state index is -0.583. The third kappa shape index (κ3) is 5.90. The highest BCUT2D eigenvalue weighted by Crippen LogP contribution is 2.38. The molecule has 3 rings (SSSR count). The minimum absolute atomic E-state index is 0.0774. The number of benzene rings is 2. The van der Waals surface area contributed by atoms with Crippen LogP contribution >= 0.6 is 11.6 Å². The molecule has 0 spiro atoms. The van der Waals surface area contributed by atoms with E-state index in [1.54, 1.807) is 30.3 Å². The number of ether oxygens (including phenoxy) is 2. The highest BCUT2D eigenvalue weighted by atomic mass is 35.5. The molecule has 10 heteroatoms. The van der Waals surface area contributed by atoms with E-state index >= 15 is 0 Å². The van der Waals surface area contributed by atoms with Crippen LogP contribution in [0.15, 0.2) is 64.8 Å². The Morgan fingerprint density at radius 1 is 1.30 bits per heavy atom. The number of nitro benzene ring substituents is 1. The molecule has 168 valence electrons. The lowest BCUT2D eigenvalue weighted by Crippen LogP contribution is -2.23. The lowest BCUT2D eigenvalue weighted by Gasteiger charge is -2.13. The summed E-state index contributed by atoms with van der Waals surface area (Å²) in [4.78, 5) is 23.0. The maximum Gasteiger partial charge on any atom is 0.276 e. The van der Waals surface area contributed by atoms with E-state index in [-0.39, 0.29) is 40.9 Å². The molecule has 0 aliphatic rings. The second-order valence-electron chi connectivity index (χ2n) is 6.64. The Morgan fingerprint density at radius 2 is 2.09 bits per heavy atom. The fourth-order valence-corrected chi connectivity index (χ4v) is 3.19. The molecule has 9 nitrogen and oxygen atoms in total. The average molecular weight is 468 g/mol. The molecule has 1 heterocycles. The number of carbonyl (C=O) groups is 1. The zero-order valence-corrected chi connectivity index (χ0v) is 18.2. The first-order chi connectivity index (χ1) is 15.9. The number of carbonyl (C=O) groups excluding carboxylic acids is 1. The lowest BCUT2D eigenvalue weighted by atomic mass is 10.1. The summed E-state index contributed by atoms with van der Waals surface area (Å²) in [5, 5.41) is 23.3. The van der Waals surface area contributed by atoms with Crippen molar-refractivity contribution in [2.75, 3.05) is 7.11 Å². The summed E-state index contributed by atoms with van der Waals surface area (Å²) in [6.07, 6.45) is 2.84. The van der Waals surface area contributed by atoms with Gasteiger partial charge < -0.3 is 19.2 Å². The van der Waals surface area contributed by atoms with Crippen molar-refractivity contribution in [2.45, 2.75) is 13.2 Å². The predicted octanol–water partition coefficient (Wildman–Crippen LogP) is 4.65. The quantitative estimate of drug-likeness (QED) is 0.210. The van der Waals surface area contributed by atoms with Gasteiger partial charge in [0.25, 0.3) is 11.6 Å². The molecule has 0 saturated carbocycles. The van der Waals surface area contributed by atoms with E-state index in [1.165, 1.54) is 37.6 Å². The van der Waals surface area contributed by atoms with Gasteiger partial charge in [-0.25, -0.2) is 0 Å². The van der Waals surface area contributed by atoms with Crippen LogP contribution in [0, 0.1) is 21.4 Å². The molecule has 1 amide bonds. The topological polar surface area (TPSA) is 128 Å². The molecule has 1 aromatic heterocycles. The van der Waals surface area contributed by atoms with Gasteiger partial charge in [-0.05, 0) is 42.0 Å². The first kappa shape index (κ1) is 23.4. The molecule has 3 aromatic rings. The molecule has 0 saturated heterocycles. The average Bonchev–Trinajstić information content (AvgIpc) is 3.33. The second kappa shape index (κ2) is 10.8. The Labute approximate surface area is 193 Å². The zero-order valence-electron chi connectivity index (χ0n) is 17.4. The standard InChI is InChI=1S/C23H18ClN3O6/c1-31-21-11-15(9-17(12-25)23(28)26-13-18-6-4-8-32-18)10-19(24)22(21)33-14-16-5-2-3-7-20(16)27(29)30/h2-11H,13-14H2,1H3,(H,26,28)/b17-9+. The van der Waals surface area contributed by atoms with Gasteiger partial charge in [-0.1, -0.05) is 23.7 Å². The molecule has 2 aromatic carbocycles. The Morgan fingerprint density at radius 3 is 2.76 bits per heavy atom. The first-order valence-electron chi connectivity index (χ1n) is 9.58. The SMILES string of the molecule is COc1cc(/C=C(\C#N)C(=O)NCc2ccco2)cc(Cl)c1OCc1ccccc1[N+](=O)[O-]. The largest absolute Gasteiger partial charge is 0.493 e. The number of amides is 1. The van der Waals surface area contributed by atoms with Gasteiger partial charge in [0.05, 0.1) is 35.4 Å². The summed E-state index contributed by atoms with van der Waals surface area (Å²) in [7, 11) is 1.40. The zero-order chi connectivity index (χ0) is 23.8. The predicted molar refractivity (Wildman–Crippen MR) is 120 cm³/mol. The van der Waals surface area contributed by atoms with Crippen molar-refractivity contribution >= 4 is 29.3 Å². The van der Waals surface area contributed by atoms with Crippen LogP contribution in [-0.4, -0.2) is 17.9 Å². The molecule has 0 unspecified atom stereocenters. The minimum Gasteiger partial charge on any atom is -0.493 e. The molecular weight excluding hydrogens is 450 g/mol. The van der Waals surface area contributed by atoms with Crippen molar-refractivity contribution in [3.63, 3.8) is 0 Å². The van der Waals surface area contributed by atoms with Crippen molar-refractivity contribution in [1.29, 1.82) is 5.26 Å². The van der Waals surface area contributed by atoms with E-state index in [2.05, 4.69) is 5.32 Å². The molecular formula is C23H18ClN3O6. The van der Waals surface area contributed by atoms with Gasteiger partial charge in [0.15, 0.2) is 11.5 Å². The molecule has 0 radical (unpaired) electrons. The Bertz CT molecular complexity index is 1230. The highest BCUT2D eigenvalue weighted by Gasteiger charge is 2.17. The monoisotopic (exact) mass is 467 g/mol. The molecule has 0 bridgehead atoms. The van der Waals surface area contributed by atoms with Crippen molar-refractivity contribution < 1.29 is 23.6 Å². The molecule has 0 aliphatic heterocycles. The smallest absolute Gasteiger partial charge is 0.276 e. The van der Waals surface area contributed by atoms with Gasteiger partial charge in [-0.3, -0.25) is 14.9 Å². The van der Waals surface area contributed by atoms with Crippen molar-refractivity contribution in [3.05, 3.63) is 92.4 Å². The Balaban J connectivity index is 1.80. The van der Waals surface area contributed by atoms with Crippen LogP contribution in [0.5, 0.6) is 11.5 Å². The van der Waals surface area contributed by atoms with E-state index in [0.717, 1.165) is 0 Å². The van der Waals surface area contributed by atoms with Gasteiger partial charge in [-0.15, -0.1) is 0 Å². The van der Waals surface area contributed by atoms with Crippen LogP contribution in [0.25, 0.3) is 6.08 Å². The van der Waals surface area contributed by atoms with Crippen LogP contribution in [0.4, 0.5) is 5.69 Å². The third-order valence-corrected chi connectivity index (χ3v) is 4.77. The van der Waals surface area contributed by atoms with Crippen LogP contribution in [0.3, 0.4) is 0 Å². The molecule has 1 N–H and O–H groups in total. The highest BCUT2D eigenvalue weighted by molar-refractivity contribution is 6.32. The first-order valence-corrected chi connectivity index (χ1v) is 9.95. The Kier molecular flexibility index (Phi) is 7.68. The molecule has 33 heavy (non-hydrogen) atoms. The number of nitrogens with one attached hydrogen (secondary N) is 1. The number of nitro groups is 1. The summed E-state index contributed by atoms with van der Waals surface area (Å²) in [5.41, 5.74) is 0.573. The van der Waals surface area contributed by atoms with E-state index in [1.807, 2.05) is 6.07 Å². The molecule has 0 aliphatic carbocycles. The summed E-state index contributed by atoms with van der Waals surface area (Å²) in [5.74, 6) is 0.377. The number of halogens is 1. The molecule has 0 fully saturated rings. The van der Waals surface area contributed by atoms with Crippen molar-refractivity contribution in [3.8, 4) is 17.6 Å².